The van der Waals surface area contributed by atoms with Crippen molar-refractivity contribution in [2.45, 2.75) is 51.5 Å². The third-order valence-corrected chi connectivity index (χ3v) is 7.87. The molecule has 2 aliphatic rings. The van der Waals surface area contributed by atoms with Crippen LogP contribution in [-0.2, 0) is 16.6 Å². The number of amides is 1. The Bertz CT molecular complexity index is 1460. The van der Waals surface area contributed by atoms with Crippen molar-refractivity contribution in [1.29, 1.82) is 0 Å². The van der Waals surface area contributed by atoms with Crippen LogP contribution in [0.4, 0.5) is 5.69 Å². The molecule has 3 aromatic rings. The molecule has 0 saturated heterocycles. The molecule has 8 heteroatoms. The molecule has 1 aliphatic heterocycles. The van der Waals surface area contributed by atoms with Gasteiger partial charge < -0.3 is 23.8 Å². The van der Waals surface area contributed by atoms with Crippen molar-refractivity contribution in [1.82, 2.24) is 15.0 Å². The van der Waals surface area contributed by atoms with Gasteiger partial charge in [-0.05, 0) is 75.5 Å². The van der Waals surface area contributed by atoms with Crippen molar-refractivity contribution in [2.24, 2.45) is 0 Å². The summed E-state index contributed by atoms with van der Waals surface area (Å²) in [6.45, 7) is 7.21. The lowest BCUT2D eigenvalue weighted by Gasteiger charge is -2.41. The first-order chi connectivity index (χ1) is 19.2. The largest absolute Gasteiger partial charge is 0.493 e. The molecule has 8 nitrogen and oxygen atoms in total. The number of anilines is 1. The number of hydrogen-bond donors (Lipinski definition) is 0. The molecule has 2 atom stereocenters. The van der Waals surface area contributed by atoms with Crippen molar-refractivity contribution in [3.63, 3.8) is 0 Å². The number of nitrogens with zero attached hydrogens (tertiary/aromatic N) is 4. The van der Waals surface area contributed by atoms with E-state index in [1.807, 2.05) is 55.4 Å². The summed E-state index contributed by atoms with van der Waals surface area (Å²) in [6, 6.07) is 12.2. The van der Waals surface area contributed by atoms with Gasteiger partial charge in [0, 0.05) is 25.6 Å². The molecular weight excluding hydrogens is 504 g/mol. The van der Waals surface area contributed by atoms with Crippen LogP contribution in [0.15, 0.2) is 59.1 Å². The van der Waals surface area contributed by atoms with E-state index in [0.717, 1.165) is 41.8 Å². The third kappa shape index (κ3) is 5.16. The minimum absolute atomic E-state index is 0.0250. The van der Waals surface area contributed by atoms with Crippen LogP contribution in [0.2, 0.25) is 0 Å². The smallest absolute Gasteiger partial charge is 0.245 e. The Kier molecular flexibility index (Phi) is 7.81. The number of allylic oxidation sites excluding steroid dienone is 3. The van der Waals surface area contributed by atoms with Gasteiger partial charge in [0.15, 0.2) is 17.3 Å². The van der Waals surface area contributed by atoms with Gasteiger partial charge >= 0.3 is 0 Å². The SMILES string of the molecule is COc1cc2c(cc1OCCN(C)C)N(C(=O)C1(c3noc(C)n3)C=CC(c3ccccc3C)=CC1)C(C)CC2. The van der Waals surface area contributed by atoms with Gasteiger partial charge in [0.2, 0.25) is 11.8 Å². The number of aromatic nitrogens is 2. The Balaban J connectivity index is 1.56. The van der Waals surface area contributed by atoms with Crippen molar-refractivity contribution < 1.29 is 18.8 Å². The van der Waals surface area contributed by atoms with E-state index < -0.39 is 5.41 Å². The second-order valence-corrected chi connectivity index (χ2v) is 11.0. The monoisotopic (exact) mass is 542 g/mol. The summed E-state index contributed by atoms with van der Waals surface area (Å²) in [4.78, 5) is 23.3. The minimum atomic E-state index is -1.10. The molecule has 5 rings (SSSR count). The fourth-order valence-corrected chi connectivity index (χ4v) is 5.52. The summed E-state index contributed by atoms with van der Waals surface area (Å²) < 4.78 is 17.2. The van der Waals surface area contributed by atoms with Gasteiger partial charge in [-0.15, -0.1) is 0 Å². The summed E-state index contributed by atoms with van der Waals surface area (Å²) in [5.74, 6) is 2.02. The van der Waals surface area contributed by atoms with Gasteiger partial charge in [0.05, 0.1) is 12.8 Å². The Labute approximate surface area is 236 Å². The van der Waals surface area contributed by atoms with Gasteiger partial charge in [-0.25, -0.2) is 0 Å². The van der Waals surface area contributed by atoms with E-state index in [2.05, 4.69) is 47.1 Å². The predicted octanol–water partition coefficient (Wildman–Crippen LogP) is 5.28. The van der Waals surface area contributed by atoms with E-state index in [1.54, 1.807) is 14.0 Å². The van der Waals surface area contributed by atoms with Crippen LogP contribution in [0.3, 0.4) is 0 Å². The predicted molar refractivity (Wildman–Crippen MR) is 156 cm³/mol. The van der Waals surface area contributed by atoms with Crippen LogP contribution < -0.4 is 14.4 Å². The van der Waals surface area contributed by atoms with Crippen molar-refractivity contribution in [2.75, 3.05) is 39.3 Å². The van der Waals surface area contributed by atoms with Gasteiger partial charge in [-0.2, -0.15) is 4.98 Å². The number of methoxy groups -OCH3 is 1. The molecule has 0 spiro atoms. The zero-order valence-corrected chi connectivity index (χ0v) is 24.2. The first kappa shape index (κ1) is 27.6. The number of carbonyl (C=O) groups excluding carboxylic acids is 1. The van der Waals surface area contributed by atoms with E-state index in [-0.39, 0.29) is 11.9 Å². The van der Waals surface area contributed by atoms with E-state index in [0.29, 0.717) is 36.2 Å². The number of rotatable bonds is 8. The summed E-state index contributed by atoms with van der Waals surface area (Å²) in [5, 5.41) is 4.26. The number of carbonyl (C=O) groups is 1. The van der Waals surface area contributed by atoms with Crippen LogP contribution >= 0.6 is 0 Å². The van der Waals surface area contributed by atoms with E-state index in [9.17, 15) is 4.79 Å². The molecule has 0 saturated carbocycles. The van der Waals surface area contributed by atoms with Gasteiger partial charge in [-0.3, -0.25) is 4.79 Å². The second-order valence-electron chi connectivity index (χ2n) is 11.0. The minimum Gasteiger partial charge on any atom is -0.493 e. The molecule has 40 heavy (non-hydrogen) atoms. The zero-order chi connectivity index (χ0) is 28.4. The van der Waals surface area contributed by atoms with Crippen LogP contribution in [0.1, 0.15) is 48.2 Å². The highest BCUT2D eigenvalue weighted by Gasteiger charge is 2.48. The Morgan fingerprint density at radius 1 is 1.20 bits per heavy atom. The van der Waals surface area contributed by atoms with Crippen LogP contribution in [0, 0.1) is 13.8 Å². The standard InChI is InChI=1S/C32H38N4O4/c1-21-9-7-8-10-26(21)24-13-15-32(16-14-24,30-33-23(3)40-34-30)31(37)36-22(2)11-12-25-19-28(38-6)29(20-27(25)36)39-18-17-35(4)5/h7-10,13-15,19-20,22H,11-12,16-18H2,1-6H3. The lowest BCUT2D eigenvalue weighted by molar-refractivity contribution is -0.123. The lowest BCUT2D eigenvalue weighted by atomic mass is 9.75. The topological polar surface area (TPSA) is 80.9 Å². The molecule has 1 aliphatic carbocycles. The Hall–Kier alpha value is -3.91. The van der Waals surface area contributed by atoms with Crippen molar-refractivity contribution >= 4 is 17.2 Å². The quantitative estimate of drug-likeness (QED) is 0.383. The number of benzene rings is 2. The molecule has 1 aromatic heterocycles. The molecule has 0 bridgehead atoms. The highest BCUT2D eigenvalue weighted by atomic mass is 16.5. The van der Waals surface area contributed by atoms with Crippen LogP contribution in [0.25, 0.3) is 5.57 Å². The first-order valence-corrected chi connectivity index (χ1v) is 13.8. The van der Waals surface area contributed by atoms with Gasteiger partial charge in [0.1, 0.15) is 12.0 Å². The lowest BCUT2D eigenvalue weighted by Crippen LogP contribution is -2.52. The number of aryl methyl sites for hydroxylation is 3. The molecular formula is C32H38N4O4. The van der Waals surface area contributed by atoms with Crippen molar-refractivity contribution in [3.05, 3.63) is 83.0 Å². The average molecular weight is 543 g/mol. The molecule has 2 heterocycles. The first-order valence-electron chi connectivity index (χ1n) is 13.8. The Morgan fingerprint density at radius 3 is 2.65 bits per heavy atom. The van der Waals surface area contributed by atoms with Crippen LogP contribution in [-0.4, -0.2) is 61.3 Å². The summed E-state index contributed by atoms with van der Waals surface area (Å²) in [7, 11) is 5.66. The number of hydrogen-bond acceptors (Lipinski definition) is 7. The summed E-state index contributed by atoms with van der Waals surface area (Å²) in [6.07, 6.45) is 8.19. The zero-order valence-electron chi connectivity index (χ0n) is 24.2. The van der Waals surface area contributed by atoms with E-state index in [4.69, 9.17) is 14.0 Å². The maximum absolute atomic E-state index is 14.8. The van der Waals surface area contributed by atoms with Crippen LogP contribution in [0.5, 0.6) is 11.5 Å². The number of likely N-dealkylation sites (N-methyl/N-ethyl adjacent to an activating group) is 1. The molecule has 0 fully saturated rings. The summed E-state index contributed by atoms with van der Waals surface area (Å²) in [5.41, 5.74) is 4.20. The molecule has 0 N–H and O–H groups in total. The fraction of sp³-hybridized carbons (Fsp3) is 0.406. The average Bonchev–Trinajstić information content (AvgIpc) is 3.39. The third-order valence-electron chi connectivity index (χ3n) is 7.87. The molecule has 2 unspecified atom stereocenters. The van der Waals surface area contributed by atoms with E-state index in [1.165, 1.54) is 5.56 Å². The molecule has 2 aromatic carbocycles. The van der Waals surface area contributed by atoms with Crippen molar-refractivity contribution in [3.8, 4) is 11.5 Å². The Morgan fingerprint density at radius 2 is 2.00 bits per heavy atom. The highest BCUT2D eigenvalue weighted by molar-refractivity contribution is 6.05. The van der Waals surface area contributed by atoms with Gasteiger partial charge in [-0.1, -0.05) is 47.7 Å². The normalized spacial score (nSPS) is 20.3. The second kappa shape index (κ2) is 11.3. The summed E-state index contributed by atoms with van der Waals surface area (Å²) >= 11 is 0. The molecule has 0 radical (unpaired) electrons. The maximum atomic E-state index is 14.8. The molecule has 1 amide bonds. The number of fused-ring (bicyclic) bond motifs is 1. The van der Waals surface area contributed by atoms with E-state index >= 15 is 0 Å². The fourth-order valence-electron chi connectivity index (χ4n) is 5.52. The van der Waals surface area contributed by atoms with Gasteiger partial charge in [0.25, 0.3) is 0 Å². The maximum Gasteiger partial charge on any atom is 0.245 e. The highest BCUT2D eigenvalue weighted by Crippen LogP contribution is 2.44. The number of ether oxygens (including phenoxy) is 2. The molecule has 210 valence electrons.